The standard InChI is InChI=1S/C15H22NO6P/c1-14(2,3)10-6-7-12-11(8-10)16(9-21-23(18,19)20)13(17)15(4,5)22-12/h6-8H,9H2,1-5H3,(H2,18,19,20). The van der Waals surface area contributed by atoms with Crippen LogP contribution in [-0.2, 0) is 19.3 Å². The quantitative estimate of drug-likeness (QED) is 0.819. The minimum absolute atomic E-state index is 0.152. The van der Waals surface area contributed by atoms with Crippen LogP contribution in [0.25, 0.3) is 0 Å². The van der Waals surface area contributed by atoms with E-state index in [1.807, 2.05) is 26.8 Å². The van der Waals surface area contributed by atoms with Crippen molar-refractivity contribution in [2.75, 3.05) is 11.6 Å². The SMILES string of the molecule is CC1(C)Oc2ccc(C(C)(C)C)cc2N(COP(=O)(O)O)C1=O. The van der Waals surface area contributed by atoms with Crippen LogP contribution in [0.5, 0.6) is 5.75 Å². The monoisotopic (exact) mass is 343 g/mol. The molecule has 1 aliphatic heterocycles. The number of amides is 1. The molecular weight excluding hydrogens is 321 g/mol. The molecule has 2 N–H and O–H groups in total. The first-order chi connectivity index (χ1) is 10.3. The van der Waals surface area contributed by atoms with E-state index < -0.39 is 26.1 Å². The normalized spacial score (nSPS) is 17.7. The molecule has 0 aromatic heterocycles. The highest BCUT2D eigenvalue weighted by Crippen LogP contribution is 2.42. The first-order valence-electron chi connectivity index (χ1n) is 7.17. The lowest BCUT2D eigenvalue weighted by atomic mass is 9.86. The number of nitrogens with zero attached hydrogens (tertiary/aromatic N) is 1. The number of carbonyl (C=O) groups excluding carboxylic acids is 1. The lowest BCUT2D eigenvalue weighted by Crippen LogP contribution is -2.53. The molecule has 8 heteroatoms. The van der Waals surface area contributed by atoms with Crippen molar-refractivity contribution in [1.29, 1.82) is 0 Å². The summed E-state index contributed by atoms with van der Waals surface area (Å²) in [7, 11) is -4.69. The molecular formula is C15H22NO6P. The number of hydrogen-bond acceptors (Lipinski definition) is 4. The van der Waals surface area contributed by atoms with Gasteiger partial charge in [0.2, 0.25) is 0 Å². The van der Waals surface area contributed by atoms with Crippen molar-refractivity contribution in [3.63, 3.8) is 0 Å². The molecule has 0 aliphatic carbocycles. The van der Waals surface area contributed by atoms with E-state index in [0.29, 0.717) is 11.4 Å². The third-order valence-corrected chi connectivity index (χ3v) is 4.05. The average molecular weight is 343 g/mol. The number of ether oxygens (including phenoxy) is 1. The Morgan fingerprint density at radius 3 is 2.43 bits per heavy atom. The molecule has 128 valence electrons. The van der Waals surface area contributed by atoms with Crippen molar-refractivity contribution in [1.82, 2.24) is 0 Å². The number of carbonyl (C=O) groups is 1. The second-order valence-corrected chi connectivity index (χ2v) is 8.27. The van der Waals surface area contributed by atoms with Gasteiger partial charge < -0.3 is 14.5 Å². The number of hydrogen-bond donors (Lipinski definition) is 2. The summed E-state index contributed by atoms with van der Waals surface area (Å²) in [6.07, 6.45) is 0. The van der Waals surface area contributed by atoms with Gasteiger partial charge in [-0.15, -0.1) is 0 Å². The number of phosphoric acid groups is 1. The van der Waals surface area contributed by atoms with Gasteiger partial charge in [-0.25, -0.2) is 4.57 Å². The molecule has 0 unspecified atom stereocenters. The summed E-state index contributed by atoms with van der Waals surface area (Å²) in [5.74, 6) is 0.0430. The minimum Gasteiger partial charge on any atom is -0.476 e. The Balaban J connectivity index is 2.48. The van der Waals surface area contributed by atoms with Crippen LogP contribution in [-0.4, -0.2) is 28.0 Å². The summed E-state index contributed by atoms with van der Waals surface area (Å²) in [5.41, 5.74) is 0.110. The molecule has 1 heterocycles. The molecule has 0 bridgehead atoms. The first-order valence-corrected chi connectivity index (χ1v) is 8.70. The third-order valence-electron chi connectivity index (χ3n) is 3.60. The molecule has 7 nitrogen and oxygen atoms in total. The zero-order chi connectivity index (χ0) is 17.6. The fraction of sp³-hybridized carbons (Fsp3) is 0.533. The van der Waals surface area contributed by atoms with Gasteiger partial charge in [-0.05, 0) is 37.0 Å². The first kappa shape index (κ1) is 17.9. The van der Waals surface area contributed by atoms with Gasteiger partial charge in [0.05, 0.1) is 5.69 Å². The summed E-state index contributed by atoms with van der Waals surface area (Å²) >= 11 is 0. The van der Waals surface area contributed by atoms with E-state index >= 15 is 0 Å². The molecule has 0 saturated carbocycles. The van der Waals surface area contributed by atoms with E-state index in [4.69, 9.17) is 14.5 Å². The summed E-state index contributed by atoms with van der Waals surface area (Å²) in [5, 5.41) is 0. The summed E-state index contributed by atoms with van der Waals surface area (Å²) in [6, 6.07) is 5.45. The summed E-state index contributed by atoms with van der Waals surface area (Å²) < 4.78 is 21.2. The third kappa shape index (κ3) is 3.93. The molecule has 1 aromatic rings. The van der Waals surface area contributed by atoms with Gasteiger partial charge in [-0.3, -0.25) is 14.2 Å². The Hall–Kier alpha value is -1.40. The second kappa shape index (κ2) is 5.60. The highest BCUT2D eigenvalue weighted by molar-refractivity contribution is 7.46. The molecule has 23 heavy (non-hydrogen) atoms. The molecule has 0 atom stereocenters. The summed E-state index contributed by atoms with van der Waals surface area (Å²) in [6.45, 7) is 8.74. The zero-order valence-corrected chi connectivity index (χ0v) is 14.8. The predicted octanol–water partition coefficient (Wildman–Crippen LogP) is 2.55. The van der Waals surface area contributed by atoms with E-state index in [1.165, 1.54) is 4.90 Å². The number of fused-ring (bicyclic) bond motifs is 1. The van der Waals surface area contributed by atoms with Gasteiger partial charge in [0, 0.05) is 0 Å². The van der Waals surface area contributed by atoms with Crippen molar-refractivity contribution in [3.05, 3.63) is 23.8 Å². The second-order valence-electron chi connectivity index (χ2n) is 7.03. The number of rotatable bonds is 3. The van der Waals surface area contributed by atoms with Crippen molar-refractivity contribution in [3.8, 4) is 5.75 Å². The van der Waals surface area contributed by atoms with Crippen molar-refractivity contribution in [2.45, 2.75) is 45.6 Å². The van der Waals surface area contributed by atoms with Crippen LogP contribution in [0, 0.1) is 0 Å². The fourth-order valence-corrected chi connectivity index (χ4v) is 2.56. The van der Waals surface area contributed by atoms with Gasteiger partial charge in [-0.2, -0.15) is 0 Å². The number of anilines is 1. The van der Waals surface area contributed by atoms with E-state index in [-0.39, 0.29) is 5.41 Å². The predicted molar refractivity (Wildman–Crippen MR) is 85.3 cm³/mol. The van der Waals surface area contributed by atoms with Crippen LogP contribution in [0.4, 0.5) is 5.69 Å². The van der Waals surface area contributed by atoms with Crippen molar-refractivity contribution in [2.24, 2.45) is 0 Å². The minimum atomic E-state index is -4.69. The average Bonchev–Trinajstić information content (AvgIpc) is 2.36. The van der Waals surface area contributed by atoms with E-state index in [0.717, 1.165) is 5.56 Å². The van der Waals surface area contributed by atoms with Gasteiger partial charge in [0.15, 0.2) is 5.60 Å². The van der Waals surface area contributed by atoms with Gasteiger partial charge in [0.1, 0.15) is 12.5 Å². The maximum Gasteiger partial charge on any atom is 0.471 e. The number of benzene rings is 1. The van der Waals surface area contributed by atoms with E-state index in [1.54, 1.807) is 26.0 Å². The lowest BCUT2D eigenvalue weighted by Gasteiger charge is -2.39. The highest BCUT2D eigenvalue weighted by Gasteiger charge is 2.42. The highest BCUT2D eigenvalue weighted by atomic mass is 31.2. The van der Waals surface area contributed by atoms with Crippen LogP contribution in [0.3, 0.4) is 0 Å². The Labute approximate surface area is 135 Å². The van der Waals surface area contributed by atoms with E-state index in [2.05, 4.69) is 4.52 Å². The smallest absolute Gasteiger partial charge is 0.471 e. The topological polar surface area (TPSA) is 96.3 Å². The molecule has 0 radical (unpaired) electrons. The zero-order valence-electron chi connectivity index (χ0n) is 13.9. The molecule has 0 spiro atoms. The van der Waals surface area contributed by atoms with Crippen LogP contribution in [0.1, 0.15) is 40.2 Å². The van der Waals surface area contributed by atoms with Crippen LogP contribution in [0.2, 0.25) is 0 Å². The summed E-state index contributed by atoms with van der Waals surface area (Å²) in [4.78, 5) is 31.6. The molecule has 1 amide bonds. The van der Waals surface area contributed by atoms with E-state index in [9.17, 15) is 9.36 Å². The van der Waals surface area contributed by atoms with Crippen molar-refractivity contribution < 1.29 is 28.4 Å². The lowest BCUT2D eigenvalue weighted by molar-refractivity contribution is -0.133. The number of phosphoric ester groups is 1. The molecule has 1 aromatic carbocycles. The maximum absolute atomic E-state index is 12.6. The van der Waals surface area contributed by atoms with Crippen LogP contribution in [0.15, 0.2) is 18.2 Å². The van der Waals surface area contributed by atoms with Gasteiger partial charge in [-0.1, -0.05) is 26.8 Å². The molecule has 1 aliphatic rings. The van der Waals surface area contributed by atoms with Crippen LogP contribution >= 0.6 is 7.82 Å². The molecule has 2 rings (SSSR count). The fourth-order valence-electron chi connectivity index (χ4n) is 2.30. The maximum atomic E-state index is 12.6. The Bertz CT molecular complexity index is 673. The van der Waals surface area contributed by atoms with Gasteiger partial charge in [0.25, 0.3) is 5.91 Å². The Kier molecular flexibility index (Phi) is 4.37. The Morgan fingerprint density at radius 2 is 1.91 bits per heavy atom. The van der Waals surface area contributed by atoms with Crippen molar-refractivity contribution >= 4 is 19.4 Å². The molecule has 0 saturated heterocycles. The Morgan fingerprint density at radius 1 is 1.30 bits per heavy atom. The van der Waals surface area contributed by atoms with Gasteiger partial charge >= 0.3 is 7.82 Å². The van der Waals surface area contributed by atoms with Crippen LogP contribution < -0.4 is 9.64 Å². The largest absolute Gasteiger partial charge is 0.476 e. The molecule has 0 fully saturated rings.